The first-order chi connectivity index (χ1) is 10.3. The summed E-state index contributed by atoms with van der Waals surface area (Å²) in [6, 6.07) is 4.88. The first-order valence-electron chi connectivity index (χ1n) is 6.71. The predicted molar refractivity (Wildman–Crippen MR) is 86.7 cm³/mol. The van der Waals surface area contributed by atoms with Crippen molar-refractivity contribution in [3.05, 3.63) is 52.5 Å². The lowest BCUT2D eigenvalue weighted by Crippen LogP contribution is -2.40. The fourth-order valence-electron chi connectivity index (χ4n) is 1.88. The molecule has 0 amide bonds. The van der Waals surface area contributed by atoms with E-state index in [0.717, 1.165) is 0 Å². The van der Waals surface area contributed by atoms with Gasteiger partial charge in [0.25, 0.3) is 0 Å². The summed E-state index contributed by atoms with van der Waals surface area (Å²) in [5.74, 6) is 0.162. The maximum atomic E-state index is 12.7. The van der Waals surface area contributed by atoms with E-state index < -0.39 is 11.5 Å². The highest BCUT2D eigenvalue weighted by atomic mass is 35.5. The van der Waals surface area contributed by atoms with Gasteiger partial charge in [-0.05, 0) is 18.2 Å². The van der Waals surface area contributed by atoms with Crippen molar-refractivity contribution in [3.63, 3.8) is 0 Å². The van der Waals surface area contributed by atoms with Gasteiger partial charge in [0, 0.05) is 22.8 Å². The zero-order valence-electron chi connectivity index (χ0n) is 12.5. The van der Waals surface area contributed by atoms with E-state index in [-0.39, 0.29) is 11.5 Å². The number of Topliss-reactive ketones (excluding diaryl/α,β-unsaturated/α-hetero) is 1. The van der Waals surface area contributed by atoms with Gasteiger partial charge in [0.2, 0.25) is 5.78 Å². The number of rotatable bonds is 4. The van der Waals surface area contributed by atoms with E-state index in [0.29, 0.717) is 15.8 Å². The molecular formula is C16H16Cl2N2O2. The van der Waals surface area contributed by atoms with Crippen molar-refractivity contribution in [2.75, 3.05) is 0 Å². The summed E-state index contributed by atoms with van der Waals surface area (Å²) in [5.41, 5.74) is -0.190. The number of halogens is 2. The maximum absolute atomic E-state index is 12.7. The summed E-state index contributed by atoms with van der Waals surface area (Å²) in [6.45, 7) is 5.74. The molecule has 0 aliphatic heterocycles. The lowest BCUT2D eigenvalue weighted by molar-refractivity contribution is 0.0536. The summed E-state index contributed by atoms with van der Waals surface area (Å²) in [5, 5.41) is 0.860. The average Bonchev–Trinajstić information content (AvgIpc) is 2.45. The quantitative estimate of drug-likeness (QED) is 0.772. The van der Waals surface area contributed by atoms with E-state index in [1.165, 1.54) is 18.6 Å². The van der Waals surface area contributed by atoms with Gasteiger partial charge in [-0.3, -0.25) is 9.78 Å². The van der Waals surface area contributed by atoms with Gasteiger partial charge in [0.05, 0.1) is 11.2 Å². The molecule has 1 heterocycles. The Bertz CT molecular complexity index is 670. The monoisotopic (exact) mass is 338 g/mol. The second-order valence-electron chi connectivity index (χ2n) is 5.89. The number of hydrogen-bond acceptors (Lipinski definition) is 4. The number of carbonyl (C=O) groups excluding carboxylic acids is 1. The maximum Gasteiger partial charge on any atom is 0.223 e. The summed E-state index contributed by atoms with van der Waals surface area (Å²) >= 11 is 12.0. The van der Waals surface area contributed by atoms with E-state index in [4.69, 9.17) is 27.9 Å². The Morgan fingerprint density at radius 3 is 2.50 bits per heavy atom. The summed E-state index contributed by atoms with van der Waals surface area (Å²) in [7, 11) is 0. The Morgan fingerprint density at radius 2 is 1.95 bits per heavy atom. The van der Waals surface area contributed by atoms with E-state index in [1.807, 2.05) is 20.8 Å². The molecule has 0 saturated carbocycles. The fourth-order valence-corrected chi connectivity index (χ4v) is 2.34. The van der Waals surface area contributed by atoms with Crippen molar-refractivity contribution in [1.82, 2.24) is 9.97 Å². The number of nitrogens with zero attached hydrogens (tertiary/aromatic N) is 2. The molecule has 1 aromatic heterocycles. The van der Waals surface area contributed by atoms with Crippen LogP contribution in [0.3, 0.4) is 0 Å². The molecule has 0 aliphatic rings. The van der Waals surface area contributed by atoms with Crippen molar-refractivity contribution in [3.8, 4) is 5.75 Å². The second kappa shape index (κ2) is 6.63. The Hall–Kier alpha value is -1.65. The molecule has 2 rings (SSSR count). The van der Waals surface area contributed by atoms with Gasteiger partial charge in [0.1, 0.15) is 11.4 Å². The molecule has 6 heteroatoms. The number of ether oxygens (including phenoxy) is 1. The lowest BCUT2D eigenvalue weighted by Gasteiger charge is -2.30. The minimum absolute atomic E-state index is 0.244. The van der Waals surface area contributed by atoms with Crippen LogP contribution in [0.1, 0.15) is 31.3 Å². The van der Waals surface area contributed by atoms with Gasteiger partial charge in [-0.25, -0.2) is 4.98 Å². The van der Waals surface area contributed by atoms with Gasteiger partial charge in [0.15, 0.2) is 6.10 Å². The zero-order valence-corrected chi connectivity index (χ0v) is 14.0. The Morgan fingerprint density at radius 1 is 1.23 bits per heavy atom. The molecule has 0 fully saturated rings. The third-order valence-corrected chi connectivity index (χ3v) is 3.51. The van der Waals surface area contributed by atoms with E-state index in [2.05, 4.69) is 9.97 Å². The van der Waals surface area contributed by atoms with Crippen molar-refractivity contribution >= 4 is 29.0 Å². The van der Waals surface area contributed by atoms with Crippen LogP contribution in [-0.4, -0.2) is 21.9 Å². The summed E-state index contributed by atoms with van der Waals surface area (Å²) in [6.07, 6.45) is 3.67. The molecule has 1 atom stereocenters. The molecule has 0 spiro atoms. The van der Waals surface area contributed by atoms with Gasteiger partial charge >= 0.3 is 0 Å². The number of ketones is 1. The van der Waals surface area contributed by atoms with Gasteiger partial charge in [-0.1, -0.05) is 44.0 Å². The molecule has 2 aromatic rings. The molecule has 0 N–H and O–H groups in total. The normalized spacial score (nSPS) is 12.8. The van der Waals surface area contributed by atoms with Crippen LogP contribution < -0.4 is 4.74 Å². The van der Waals surface area contributed by atoms with Crippen molar-refractivity contribution in [1.29, 1.82) is 0 Å². The minimum Gasteiger partial charge on any atom is -0.480 e. The number of hydrogen-bond donors (Lipinski definition) is 0. The summed E-state index contributed by atoms with van der Waals surface area (Å²) in [4.78, 5) is 20.6. The zero-order chi connectivity index (χ0) is 16.3. The van der Waals surface area contributed by atoms with Gasteiger partial charge in [-0.2, -0.15) is 0 Å². The summed E-state index contributed by atoms with van der Waals surface area (Å²) < 4.78 is 5.87. The first kappa shape index (κ1) is 16.7. The van der Waals surface area contributed by atoms with Crippen LogP contribution in [0.4, 0.5) is 0 Å². The third-order valence-electron chi connectivity index (χ3n) is 2.98. The Balaban J connectivity index is 2.33. The molecule has 1 aromatic carbocycles. The van der Waals surface area contributed by atoms with Crippen molar-refractivity contribution < 1.29 is 9.53 Å². The highest BCUT2D eigenvalue weighted by Gasteiger charge is 2.35. The SMILES string of the molecule is CC(C)(C)C(Oc1ccc(Cl)cc1Cl)C(=O)c1cnccn1. The molecule has 4 nitrogen and oxygen atoms in total. The lowest BCUT2D eigenvalue weighted by atomic mass is 9.85. The Labute approximate surface area is 139 Å². The van der Waals surface area contributed by atoms with Crippen molar-refractivity contribution in [2.45, 2.75) is 26.9 Å². The highest BCUT2D eigenvalue weighted by molar-refractivity contribution is 6.35. The molecule has 0 radical (unpaired) electrons. The van der Waals surface area contributed by atoms with Gasteiger partial charge in [-0.15, -0.1) is 0 Å². The van der Waals surface area contributed by atoms with Crippen LogP contribution in [-0.2, 0) is 0 Å². The molecule has 116 valence electrons. The standard InChI is InChI=1S/C16H16Cl2N2O2/c1-16(2,3)15(14(21)12-9-19-6-7-20-12)22-13-5-4-10(17)8-11(13)18/h4-9,15H,1-3H3. The average molecular weight is 339 g/mol. The number of aromatic nitrogens is 2. The molecule has 0 bridgehead atoms. The number of benzene rings is 1. The van der Waals surface area contributed by atoms with Crippen LogP contribution in [0.2, 0.25) is 10.0 Å². The van der Waals surface area contributed by atoms with E-state index >= 15 is 0 Å². The predicted octanol–water partition coefficient (Wildman–Crippen LogP) is 4.46. The molecule has 0 aliphatic carbocycles. The number of carbonyl (C=O) groups is 1. The smallest absolute Gasteiger partial charge is 0.223 e. The highest BCUT2D eigenvalue weighted by Crippen LogP contribution is 2.33. The van der Waals surface area contributed by atoms with Crippen LogP contribution >= 0.6 is 23.2 Å². The van der Waals surface area contributed by atoms with Crippen LogP contribution in [0.15, 0.2) is 36.8 Å². The molecule has 1 unspecified atom stereocenters. The first-order valence-corrected chi connectivity index (χ1v) is 7.46. The topological polar surface area (TPSA) is 52.1 Å². The molecule has 0 saturated heterocycles. The third kappa shape index (κ3) is 3.96. The fraction of sp³-hybridized carbons (Fsp3) is 0.312. The van der Waals surface area contributed by atoms with Crippen LogP contribution in [0, 0.1) is 5.41 Å². The molecule has 22 heavy (non-hydrogen) atoms. The second-order valence-corrected chi connectivity index (χ2v) is 6.74. The van der Waals surface area contributed by atoms with E-state index in [1.54, 1.807) is 18.2 Å². The van der Waals surface area contributed by atoms with E-state index in [9.17, 15) is 4.79 Å². The van der Waals surface area contributed by atoms with Crippen molar-refractivity contribution in [2.24, 2.45) is 5.41 Å². The largest absolute Gasteiger partial charge is 0.480 e. The Kier molecular flexibility index (Phi) is 5.04. The van der Waals surface area contributed by atoms with Crippen LogP contribution in [0.25, 0.3) is 0 Å². The van der Waals surface area contributed by atoms with Gasteiger partial charge < -0.3 is 4.74 Å². The van der Waals surface area contributed by atoms with Crippen LogP contribution in [0.5, 0.6) is 5.75 Å². The molecular weight excluding hydrogens is 323 g/mol. The minimum atomic E-state index is -0.747.